The molecule has 0 amide bonds. The van der Waals surface area contributed by atoms with Crippen LogP contribution < -0.4 is 0 Å². The first-order chi connectivity index (χ1) is 9.19. The number of rotatable bonds is 3. The van der Waals surface area contributed by atoms with Gasteiger partial charge in [-0.15, -0.1) is 11.3 Å². The Kier molecular flexibility index (Phi) is 3.19. The van der Waals surface area contributed by atoms with Gasteiger partial charge in [0, 0.05) is 5.39 Å². The summed E-state index contributed by atoms with van der Waals surface area (Å²) in [6.45, 7) is 6.58. The maximum absolute atomic E-state index is 3.62. The van der Waals surface area contributed by atoms with Crippen molar-refractivity contribution in [3.05, 3.63) is 46.3 Å². The second-order valence-electron chi connectivity index (χ2n) is 5.27. The molecule has 0 aliphatic heterocycles. The van der Waals surface area contributed by atoms with Crippen LogP contribution in [0.1, 0.15) is 30.0 Å². The molecule has 1 aromatic carbocycles. The molecule has 1 N–H and O–H groups in total. The van der Waals surface area contributed by atoms with E-state index in [1.807, 2.05) is 0 Å². The van der Waals surface area contributed by atoms with Gasteiger partial charge in [-0.1, -0.05) is 30.5 Å². The minimum Gasteiger partial charge on any atom is -0.346 e. The second kappa shape index (κ2) is 4.86. The van der Waals surface area contributed by atoms with Crippen LogP contribution >= 0.6 is 11.3 Å². The zero-order valence-electron chi connectivity index (χ0n) is 11.7. The van der Waals surface area contributed by atoms with Crippen molar-refractivity contribution in [2.75, 3.05) is 0 Å². The SMILES string of the molecule is CCCc1c(-c2cc(C)cc(C)c2)[nH]c2sccc12. The summed E-state index contributed by atoms with van der Waals surface area (Å²) in [5, 5.41) is 3.58. The minimum atomic E-state index is 1.14. The van der Waals surface area contributed by atoms with Crippen molar-refractivity contribution in [1.82, 2.24) is 4.98 Å². The molecule has 2 heteroatoms. The van der Waals surface area contributed by atoms with Crippen LogP contribution in [-0.2, 0) is 6.42 Å². The zero-order chi connectivity index (χ0) is 13.4. The molecule has 2 heterocycles. The van der Waals surface area contributed by atoms with Crippen LogP contribution in [0.25, 0.3) is 21.5 Å². The molecule has 98 valence electrons. The van der Waals surface area contributed by atoms with Gasteiger partial charge in [0.1, 0.15) is 4.83 Å². The zero-order valence-corrected chi connectivity index (χ0v) is 12.5. The number of hydrogen-bond donors (Lipinski definition) is 1. The standard InChI is InChI=1S/C17H19NS/c1-4-5-14-15-6-7-19-17(15)18-16(14)13-9-11(2)8-12(3)10-13/h6-10,18H,4-5H2,1-3H3. The summed E-state index contributed by atoms with van der Waals surface area (Å²) in [5.41, 5.74) is 6.77. The molecule has 19 heavy (non-hydrogen) atoms. The Labute approximate surface area is 118 Å². The summed E-state index contributed by atoms with van der Waals surface area (Å²) >= 11 is 1.80. The first kappa shape index (κ1) is 12.5. The van der Waals surface area contributed by atoms with Gasteiger partial charge < -0.3 is 4.98 Å². The lowest BCUT2D eigenvalue weighted by Gasteiger charge is -2.07. The van der Waals surface area contributed by atoms with E-state index in [2.05, 4.69) is 55.4 Å². The van der Waals surface area contributed by atoms with E-state index in [4.69, 9.17) is 0 Å². The Bertz CT molecular complexity index is 698. The third kappa shape index (κ3) is 2.21. The van der Waals surface area contributed by atoms with E-state index in [1.165, 1.54) is 44.6 Å². The Morgan fingerprint density at radius 2 is 1.84 bits per heavy atom. The molecule has 0 spiro atoms. The molecule has 0 bridgehead atoms. The van der Waals surface area contributed by atoms with E-state index in [-0.39, 0.29) is 0 Å². The van der Waals surface area contributed by atoms with Crippen molar-refractivity contribution in [3.63, 3.8) is 0 Å². The predicted molar refractivity (Wildman–Crippen MR) is 85.1 cm³/mol. The lowest BCUT2D eigenvalue weighted by atomic mass is 9.99. The fourth-order valence-electron chi connectivity index (χ4n) is 2.84. The average molecular weight is 269 g/mol. The molecule has 0 aliphatic carbocycles. The van der Waals surface area contributed by atoms with Crippen molar-refractivity contribution in [2.24, 2.45) is 0 Å². The van der Waals surface area contributed by atoms with Gasteiger partial charge >= 0.3 is 0 Å². The quantitative estimate of drug-likeness (QED) is 0.649. The van der Waals surface area contributed by atoms with Gasteiger partial charge in [-0.2, -0.15) is 0 Å². The van der Waals surface area contributed by atoms with Gasteiger partial charge in [-0.3, -0.25) is 0 Å². The highest BCUT2D eigenvalue weighted by molar-refractivity contribution is 7.16. The molecule has 0 unspecified atom stereocenters. The lowest BCUT2D eigenvalue weighted by molar-refractivity contribution is 0.930. The van der Waals surface area contributed by atoms with E-state index in [9.17, 15) is 0 Å². The van der Waals surface area contributed by atoms with Crippen molar-refractivity contribution in [2.45, 2.75) is 33.6 Å². The minimum absolute atomic E-state index is 1.14. The summed E-state index contributed by atoms with van der Waals surface area (Å²) in [6, 6.07) is 9.03. The molecule has 3 aromatic rings. The molecule has 0 saturated carbocycles. The van der Waals surface area contributed by atoms with Crippen LogP contribution in [0.15, 0.2) is 29.6 Å². The fraction of sp³-hybridized carbons (Fsp3) is 0.294. The Morgan fingerprint density at radius 1 is 1.11 bits per heavy atom. The van der Waals surface area contributed by atoms with E-state index in [0.29, 0.717) is 0 Å². The molecular formula is C17H19NS. The van der Waals surface area contributed by atoms with Crippen LogP contribution in [0.5, 0.6) is 0 Å². The Hall–Kier alpha value is -1.54. The number of aromatic nitrogens is 1. The number of benzene rings is 1. The molecule has 0 aliphatic rings. The maximum Gasteiger partial charge on any atom is 0.100 e. The topological polar surface area (TPSA) is 15.8 Å². The monoisotopic (exact) mass is 269 g/mol. The van der Waals surface area contributed by atoms with Crippen molar-refractivity contribution < 1.29 is 0 Å². The third-order valence-electron chi connectivity index (χ3n) is 3.54. The first-order valence-electron chi connectivity index (χ1n) is 6.85. The van der Waals surface area contributed by atoms with E-state index in [1.54, 1.807) is 11.3 Å². The molecule has 0 saturated heterocycles. The highest BCUT2D eigenvalue weighted by Gasteiger charge is 2.13. The molecule has 0 radical (unpaired) electrons. The highest BCUT2D eigenvalue weighted by Crippen LogP contribution is 2.34. The smallest absolute Gasteiger partial charge is 0.100 e. The van der Waals surface area contributed by atoms with Crippen LogP contribution in [0.2, 0.25) is 0 Å². The number of hydrogen-bond acceptors (Lipinski definition) is 1. The van der Waals surface area contributed by atoms with Gasteiger partial charge in [-0.25, -0.2) is 0 Å². The second-order valence-corrected chi connectivity index (χ2v) is 6.18. The van der Waals surface area contributed by atoms with Gasteiger partial charge in [0.15, 0.2) is 0 Å². The Balaban J connectivity index is 2.22. The largest absolute Gasteiger partial charge is 0.346 e. The summed E-state index contributed by atoms with van der Waals surface area (Å²) < 4.78 is 0. The maximum atomic E-state index is 3.62. The normalized spacial score (nSPS) is 11.3. The number of nitrogens with one attached hydrogen (secondary N) is 1. The summed E-state index contributed by atoms with van der Waals surface area (Å²) in [5.74, 6) is 0. The number of aromatic amines is 1. The lowest BCUT2D eigenvalue weighted by Crippen LogP contribution is -1.89. The number of thiophene rings is 1. The first-order valence-corrected chi connectivity index (χ1v) is 7.73. The molecule has 0 fully saturated rings. The number of fused-ring (bicyclic) bond motifs is 1. The van der Waals surface area contributed by atoms with E-state index >= 15 is 0 Å². The molecule has 2 aromatic heterocycles. The van der Waals surface area contributed by atoms with Gasteiger partial charge in [0.25, 0.3) is 0 Å². The summed E-state index contributed by atoms with van der Waals surface area (Å²) in [7, 11) is 0. The predicted octanol–water partition coefficient (Wildman–Crippen LogP) is 5.47. The number of H-pyrrole nitrogens is 1. The van der Waals surface area contributed by atoms with Crippen LogP contribution in [0.3, 0.4) is 0 Å². The number of aryl methyl sites for hydroxylation is 3. The average Bonchev–Trinajstić information content (AvgIpc) is 2.90. The van der Waals surface area contributed by atoms with Crippen molar-refractivity contribution in [1.29, 1.82) is 0 Å². The highest BCUT2D eigenvalue weighted by atomic mass is 32.1. The van der Waals surface area contributed by atoms with Crippen molar-refractivity contribution in [3.8, 4) is 11.3 Å². The van der Waals surface area contributed by atoms with E-state index < -0.39 is 0 Å². The fourth-order valence-corrected chi connectivity index (χ4v) is 3.66. The van der Waals surface area contributed by atoms with Crippen LogP contribution in [0.4, 0.5) is 0 Å². The molecule has 1 nitrogen and oxygen atoms in total. The Morgan fingerprint density at radius 3 is 2.53 bits per heavy atom. The van der Waals surface area contributed by atoms with Gasteiger partial charge in [0.05, 0.1) is 5.69 Å². The summed E-state index contributed by atoms with van der Waals surface area (Å²) in [6.07, 6.45) is 2.32. The summed E-state index contributed by atoms with van der Waals surface area (Å²) in [4.78, 5) is 4.92. The van der Waals surface area contributed by atoms with E-state index in [0.717, 1.165) is 6.42 Å². The van der Waals surface area contributed by atoms with Gasteiger partial charge in [0.2, 0.25) is 0 Å². The van der Waals surface area contributed by atoms with Gasteiger partial charge in [-0.05, 0) is 55.0 Å². The molecule has 0 atom stereocenters. The van der Waals surface area contributed by atoms with Crippen LogP contribution in [0, 0.1) is 13.8 Å². The van der Waals surface area contributed by atoms with Crippen molar-refractivity contribution >= 4 is 21.6 Å². The molecule has 3 rings (SSSR count). The van der Waals surface area contributed by atoms with Crippen LogP contribution in [-0.4, -0.2) is 4.98 Å². The molecular weight excluding hydrogens is 250 g/mol. The third-order valence-corrected chi connectivity index (χ3v) is 4.37.